The molecule has 0 aliphatic heterocycles. The van der Waals surface area contributed by atoms with Crippen molar-refractivity contribution in [3.63, 3.8) is 0 Å². The highest BCUT2D eigenvalue weighted by Gasteiger charge is 2.03. The Labute approximate surface area is 96.7 Å². The van der Waals surface area contributed by atoms with Crippen molar-refractivity contribution in [2.45, 2.75) is 6.43 Å². The van der Waals surface area contributed by atoms with Crippen LogP contribution in [-0.4, -0.2) is 31.2 Å². The normalized spacial score (nSPS) is 10.8. The van der Waals surface area contributed by atoms with Crippen molar-refractivity contribution in [2.24, 2.45) is 0 Å². The quantitative estimate of drug-likeness (QED) is 0.600. The first kappa shape index (κ1) is 12.9. The summed E-state index contributed by atoms with van der Waals surface area (Å²) in [5, 5.41) is 3.15. The molecule has 1 heterocycles. The molecule has 0 saturated heterocycles. The van der Waals surface area contributed by atoms with Gasteiger partial charge in [-0.15, -0.1) is 0 Å². The van der Waals surface area contributed by atoms with Gasteiger partial charge in [0.25, 0.3) is 6.43 Å². The minimum Gasteiger partial charge on any atom is -0.396 e. The van der Waals surface area contributed by atoms with Crippen LogP contribution < -0.4 is 11.1 Å². The monoisotopic (exact) mass is 251 g/mol. The first-order valence-electron chi connectivity index (χ1n) is 4.61. The fraction of sp³-hybridized carbons (Fsp3) is 0.444. The van der Waals surface area contributed by atoms with Gasteiger partial charge < -0.3 is 15.8 Å². The number of pyridine rings is 1. The van der Waals surface area contributed by atoms with E-state index in [0.717, 1.165) is 0 Å². The van der Waals surface area contributed by atoms with Gasteiger partial charge >= 0.3 is 0 Å². The van der Waals surface area contributed by atoms with E-state index >= 15 is 0 Å². The number of nitrogens with one attached hydrogen (secondary N) is 1. The van der Waals surface area contributed by atoms with E-state index in [2.05, 4.69) is 15.0 Å². The Kier molecular flexibility index (Phi) is 5.21. The van der Waals surface area contributed by atoms with Gasteiger partial charge in [-0.05, 0) is 12.1 Å². The average molecular weight is 252 g/mol. The Hall–Kier alpha value is -1.14. The zero-order valence-electron chi connectivity index (χ0n) is 8.42. The maximum atomic E-state index is 11.7. The molecule has 7 heteroatoms. The Morgan fingerprint density at radius 1 is 1.50 bits per heavy atom. The van der Waals surface area contributed by atoms with E-state index < -0.39 is 13.0 Å². The number of aromatic nitrogens is 1. The molecule has 0 spiro atoms. The van der Waals surface area contributed by atoms with E-state index in [1.807, 2.05) is 0 Å². The first-order valence-corrected chi connectivity index (χ1v) is 4.99. The van der Waals surface area contributed by atoms with Gasteiger partial charge in [-0.25, -0.2) is 13.8 Å². The van der Waals surface area contributed by atoms with Gasteiger partial charge in [-0.3, -0.25) is 0 Å². The van der Waals surface area contributed by atoms with Crippen LogP contribution in [0.4, 0.5) is 20.3 Å². The molecule has 0 aliphatic rings. The van der Waals surface area contributed by atoms with Crippen LogP contribution in [0.1, 0.15) is 0 Å². The maximum absolute atomic E-state index is 11.7. The third-order valence-corrected chi connectivity index (χ3v) is 1.89. The molecule has 0 radical (unpaired) electrons. The van der Waals surface area contributed by atoms with Crippen molar-refractivity contribution in [3.8, 4) is 0 Å². The molecule has 0 fully saturated rings. The lowest BCUT2D eigenvalue weighted by Crippen LogP contribution is -2.14. The highest BCUT2D eigenvalue weighted by Crippen LogP contribution is 2.17. The van der Waals surface area contributed by atoms with E-state index in [-0.39, 0.29) is 6.61 Å². The van der Waals surface area contributed by atoms with Crippen LogP contribution in [0.2, 0.25) is 5.15 Å². The minimum absolute atomic E-state index is 0.151. The second kappa shape index (κ2) is 6.44. The molecule has 4 nitrogen and oxygen atoms in total. The zero-order valence-corrected chi connectivity index (χ0v) is 9.18. The zero-order chi connectivity index (χ0) is 12.0. The summed E-state index contributed by atoms with van der Waals surface area (Å²) in [6.45, 7) is -0.0810. The summed E-state index contributed by atoms with van der Waals surface area (Å²) in [5.74, 6) is 0.424. The number of nitrogen functional groups attached to an aromatic ring is 1. The number of halogens is 3. The van der Waals surface area contributed by atoms with Crippen molar-refractivity contribution in [2.75, 3.05) is 30.8 Å². The van der Waals surface area contributed by atoms with E-state index in [9.17, 15) is 8.78 Å². The molecular weight excluding hydrogens is 240 g/mol. The Balaban J connectivity index is 2.29. The van der Waals surface area contributed by atoms with Crippen LogP contribution in [-0.2, 0) is 4.74 Å². The summed E-state index contributed by atoms with van der Waals surface area (Å²) in [4.78, 5) is 3.93. The van der Waals surface area contributed by atoms with Crippen molar-refractivity contribution in [3.05, 3.63) is 17.3 Å². The molecule has 1 aromatic heterocycles. The van der Waals surface area contributed by atoms with Gasteiger partial charge in [-0.1, -0.05) is 11.6 Å². The number of hydrogen-bond donors (Lipinski definition) is 2. The van der Waals surface area contributed by atoms with Crippen LogP contribution in [0.15, 0.2) is 12.1 Å². The third kappa shape index (κ3) is 4.59. The van der Waals surface area contributed by atoms with Gasteiger partial charge in [0.1, 0.15) is 11.8 Å². The van der Waals surface area contributed by atoms with E-state index in [0.29, 0.717) is 23.2 Å². The second-order valence-corrected chi connectivity index (χ2v) is 3.35. The van der Waals surface area contributed by atoms with Gasteiger partial charge in [0.2, 0.25) is 0 Å². The minimum atomic E-state index is -2.45. The van der Waals surface area contributed by atoms with Crippen LogP contribution in [0.3, 0.4) is 0 Å². The summed E-state index contributed by atoms with van der Waals surface area (Å²) in [7, 11) is 0. The molecule has 0 bridgehead atoms. The Bertz CT molecular complexity index is 339. The molecule has 90 valence electrons. The first-order chi connectivity index (χ1) is 7.59. The molecule has 0 aromatic carbocycles. The molecule has 0 unspecified atom stereocenters. The van der Waals surface area contributed by atoms with Gasteiger partial charge in [0.15, 0.2) is 5.82 Å². The van der Waals surface area contributed by atoms with Crippen molar-refractivity contribution in [1.82, 2.24) is 4.98 Å². The summed E-state index contributed by atoms with van der Waals surface area (Å²) in [6, 6.07) is 3.17. The molecular formula is C9H12ClF2N3O. The number of rotatable bonds is 6. The number of nitrogens with zero attached hydrogens (tertiary/aromatic N) is 1. The fourth-order valence-electron chi connectivity index (χ4n) is 1.00. The maximum Gasteiger partial charge on any atom is 0.261 e. The molecule has 1 aromatic rings. The summed E-state index contributed by atoms with van der Waals surface area (Å²) in [5.41, 5.74) is 6.05. The standard InChI is InChI=1S/C9H12ClF2N3O/c10-7-2-1-6(13)9(15-7)14-3-4-16-5-8(11)12/h1-2,8H,3-5,13H2,(H,14,15). The van der Waals surface area contributed by atoms with E-state index in [1.165, 1.54) is 0 Å². The Morgan fingerprint density at radius 3 is 2.94 bits per heavy atom. The third-order valence-electron chi connectivity index (χ3n) is 1.68. The van der Waals surface area contributed by atoms with Gasteiger partial charge in [0.05, 0.1) is 12.3 Å². The molecule has 0 amide bonds. The highest BCUT2D eigenvalue weighted by molar-refractivity contribution is 6.29. The largest absolute Gasteiger partial charge is 0.396 e. The molecule has 0 aliphatic carbocycles. The topological polar surface area (TPSA) is 60.2 Å². The second-order valence-electron chi connectivity index (χ2n) is 2.96. The fourth-order valence-corrected chi connectivity index (χ4v) is 1.15. The number of ether oxygens (including phenoxy) is 1. The summed E-state index contributed by atoms with van der Waals surface area (Å²) >= 11 is 5.66. The number of hydrogen-bond acceptors (Lipinski definition) is 4. The molecule has 3 N–H and O–H groups in total. The SMILES string of the molecule is Nc1ccc(Cl)nc1NCCOCC(F)F. The van der Waals surface area contributed by atoms with Crippen molar-refractivity contribution >= 4 is 23.1 Å². The summed E-state index contributed by atoms with van der Waals surface area (Å²) in [6.07, 6.45) is -2.45. The molecule has 1 rings (SSSR count). The van der Waals surface area contributed by atoms with Crippen LogP contribution >= 0.6 is 11.6 Å². The van der Waals surface area contributed by atoms with Gasteiger partial charge in [0, 0.05) is 6.54 Å². The molecule has 0 saturated carbocycles. The van der Waals surface area contributed by atoms with E-state index in [4.69, 9.17) is 17.3 Å². The molecule has 0 atom stereocenters. The predicted octanol–water partition coefficient (Wildman–Crippen LogP) is 2.01. The average Bonchev–Trinajstić information content (AvgIpc) is 2.22. The van der Waals surface area contributed by atoms with Crippen molar-refractivity contribution in [1.29, 1.82) is 0 Å². The highest BCUT2D eigenvalue weighted by atomic mass is 35.5. The van der Waals surface area contributed by atoms with Crippen LogP contribution in [0.5, 0.6) is 0 Å². The van der Waals surface area contributed by atoms with Crippen molar-refractivity contribution < 1.29 is 13.5 Å². The smallest absolute Gasteiger partial charge is 0.261 e. The van der Waals surface area contributed by atoms with E-state index in [1.54, 1.807) is 12.1 Å². The molecule has 16 heavy (non-hydrogen) atoms. The van der Waals surface area contributed by atoms with Crippen LogP contribution in [0, 0.1) is 0 Å². The number of alkyl halides is 2. The van der Waals surface area contributed by atoms with Gasteiger partial charge in [-0.2, -0.15) is 0 Å². The lowest BCUT2D eigenvalue weighted by Gasteiger charge is -2.08. The van der Waals surface area contributed by atoms with Crippen LogP contribution in [0.25, 0.3) is 0 Å². The Morgan fingerprint density at radius 2 is 2.25 bits per heavy atom. The lowest BCUT2D eigenvalue weighted by atomic mass is 10.4. The lowest BCUT2D eigenvalue weighted by molar-refractivity contribution is 0.0215. The number of anilines is 2. The number of nitrogens with two attached hydrogens (primary N) is 1. The summed E-state index contributed by atoms with van der Waals surface area (Å²) < 4.78 is 28.1. The predicted molar refractivity (Wildman–Crippen MR) is 59.0 cm³/mol.